The summed E-state index contributed by atoms with van der Waals surface area (Å²) in [6.07, 6.45) is 1.20. The first-order valence-corrected chi connectivity index (χ1v) is 5.85. The van der Waals surface area contributed by atoms with Crippen LogP contribution in [0.4, 0.5) is 14.5 Å². The summed E-state index contributed by atoms with van der Waals surface area (Å²) in [5, 5.41) is 1.95. The lowest BCUT2D eigenvalue weighted by Gasteiger charge is -2.07. The van der Waals surface area contributed by atoms with Crippen LogP contribution in [0.15, 0.2) is 33.4 Å². The van der Waals surface area contributed by atoms with E-state index in [-0.39, 0.29) is 15.3 Å². The third-order valence-electron chi connectivity index (χ3n) is 2.11. The number of carbonyl (C=O) groups is 1. The Hall–Kier alpha value is -1.40. The van der Waals surface area contributed by atoms with E-state index < -0.39 is 23.2 Å². The Morgan fingerprint density at radius 2 is 1.94 bits per heavy atom. The van der Waals surface area contributed by atoms with Gasteiger partial charge >= 0.3 is 0 Å². The lowest BCUT2D eigenvalue weighted by molar-refractivity contribution is 0.102. The van der Waals surface area contributed by atoms with Gasteiger partial charge in [0.15, 0.2) is 11.6 Å². The maximum absolute atomic E-state index is 13.5. The average Bonchev–Trinajstić information content (AvgIpc) is 2.69. The van der Waals surface area contributed by atoms with Crippen molar-refractivity contribution in [3.8, 4) is 0 Å². The minimum Gasteiger partial charge on any atom is -0.452 e. The summed E-state index contributed by atoms with van der Waals surface area (Å²) < 4.78 is 31.9. The fourth-order valence-electron chi connectivity index (χ4n) is 1.30. The van der Waals surface area contributed by atoms with Crippen LogP contribution in [0.1, 0.15) is 10.4 Å². The predicted molar refractivity (Wildman–Crippen MR) is 65.7 cm³/mol. The van der Waals surface area contributed by atoms with Crippen molar-refractivity contribution < 1.29 is 18.0 Å². The molecule has 2 rings (SSSR count). The molecule has 1 N–H and O–H groups in total. The Balaban J connectivity index is 2.31. The standard InChI is InChI=1S/C11H5BrClF2NO2/c12-5-3-7(14)9(8(15)4-5)16-11(17)6-1-2-18-10(6)13/h1-4H,(H,16,17). The minimum absolute atomic E-state index is 0.00149. The molecule has 7 heteroatoms. The highest BCUT2D eigenvalue weighted by Crippen LogP contribution is 2.25. The van der Waals surface area contributed by atoms with Crippen LogP contribution in [0.2, 0.25) is 5.22 Å². The van der Waals surface area contributed by atoms with Crippen LogP contribution in [0.25, 0.3) is 0 Å². The Labute approximate surface area is 114 Å². The van der Waals surface area contributed by atoms with E-state index in [9.17, 15) is 13.6 Å². The second-order valence-corrected chi connectivity index (χ2v) is 4.57. The van der Waals surface area contributed by atoms with Gasteiger partial charge in [-0.25, -0.2) is 8.78 Å². The summed E-state index contributed by atoms with van der Waals surface area (Å²) in [5.41, 5.74) is -0.543. The molecule has 94 valence electrons. The van der Waals surface area contributed by atoms with Crippen molar-refractivity contribution in [3.63, 3.8) is 0 Å². The largest absolute Gasteiger partial charge is 0.452 e. The Morgan fingerprint density at radius 1 is 1.33 bits per heavy atom. The van der Waals surface area contributed by atoms with Gasteiger partial charge in [0, 0.05) is 4.47 Å². The number of amides is 1. The summed E-state index contributed by atoms with van der Waals surface area (Å²) in [6.45, 7) is 0. The van der Waals surface area contributed by atoms with Crippen LogP contribution in [-0.4, -0.2) is 5.91 Å². The molecule has 0 aliphatic rings. The summed E-state index contributed by atoms with van der Waals surface area (Å²) in [5.74, 6) is -2.54. The zero-order valence-electron chi connectivity index (χ0n) is 8.64. The van der Waals surface area contributed by atoms with Crippen LogP contribution in [0.5, 0.6) is 0 Å². The van der Waals surface area contributed by atoms with E-state index in [1.807, 2.05) is 0 Å². The number of anilines is 1. The molecule has 3 nitrogen and oxygen atoms in total. The second kappa shape index (κ2) is 5.07. The van der Waals surface area contributed by atoms with E-state index in [0.29, 0.717) is 0 Å². The number of halogens is 4. The van der Waals surface area contributed by atoms with Crippen molar-refractivity contribution in [2.45, 2.75) is 0 Å². The highest BCUT2D eigenvalue weighted by Gasteiger charge is 2.18. The maximum atomic E-state index is 13.5. The summed E-state index contributed by atoms with van der Waals surface area (Å²) in [7, 11) is 0. The molecule has 0 aliphatic carbocycles. The first-order chi connectivity index (χ1) is 8.49. The number of nitrogens with one attached hydrogen (secondary N) is 1. The average molecular weight is 337 g/mol. The molecule has 2 aromatic rings. The Bertz CT molecular complexity index is 592. The van der Waals surface area contributed by atoms with Crippen molar-refractivity contribution in [1.29, 1.82) is 0 Å². The molecule has 0 spiro atoms. The van der Waals surface area contributed by atoms with E-state index in [2.05, 4.69) is 21.2 Å². The zero-order valence-corrected chi connectivity index (χ0v) is 11.0. The number of hydrogen-bond donors (Lipinski definition) is 1. The van der Waals surface area contributed by atoms with E-state index in [1.165, 1.54) is 12.3 Å². The number of furan rings is 1. The van der Waals surface area contributed by atoms with Crippen LogP contribution in [0, 0.1) is 11.6 Å². The van der Waals surface area contributed by atoms with Gasteiger partial charge < -0.3 is 9.73 Å². The van der Waals surface area contributed by atoms with Gasteiger partial charge in [-0.15, -0.1) is 0 Å². The van der Waals surface area contributed by atoms with Gasteiger partial charge in [-0.1, -0.05) is 15.9 Å². The van der Waals surface area contributed by atoms with Gasteiger partial charge in [-0.05, 0) is 29.8 Å². The van der Waals surface area contributed by atoms with Crippen LogP contribution in [-0.2, 0) is 0 Å². The first kappa shape index (κ1) is 13.0. The minimum atomic E-state index is -0.894. The molecule has 1 amide bonds. The van der Waals surface area contributed by atoms with Gasteiger partial charge in [0.1, 0.15) is 5.69 Å². The molecule has 0 aliphatic heterocycles. The molecule has 1 aromatic heterocycles. The smallest absolute Gasteiger partial charge is 0.260 e. The molecule has 0 saturated carbocycles. The number of rotatable bonds is 2. The molecule has 1 heterocycles. The monoisotopic (exact) mass is 335 g/mol. The van der Waals surface area contributed by atoms with E-state index in [1.54, 1.807) is 0 Å². The third-order valence-corrected chi connectivity index (χ3v) is 2.86. The summed E-state index contributed by atoms with van der Waals surface area (Å²) >= 11 is 8.52. The van der Waals surface area contributed by atoms with Gasteiger partial charge in [-0.2, -0.15) is 0 Å². The molecule has 0 fully saturated rings. The van der Waals surface area contributed by atoms with Gasteiger partial charge in [0.25, 0.3) is 5.91 Å². The highest BCUT2D eigenvalue weighted by molar-refractivity contribution is 9.10. The molecule has 0 saturated heterocycles. The Morgan fingerprint density at radius 3 is 2.44 bits per heavy atom. The van der Waals surface area contributed by atoms with Crippen LogP contribution < -0.4 is 5.32 Å². The molecule has 1 aromatic carbocycles. The van der Waals surface area contributed by atoms with E-state index >= 15 is 0 Å². The lowest BCUT2D eigenvalue weighted by atomic mass is 10.2. The zero-order chi connectivity index (χ0) is 13.3. The van der Waals surface area contributed by atoms with E-state index in [0.717, 1.165) is 12.1 Å². The number of hydrogen-bond acceptors (Lipinski definition) is 2. The molecule has 0 radical (unpaired) electrons. The lowest BCUT2D eigenvalue weighted by Crippen LogP contribution is -2.14. The maximum Gasteiger partial charge on any atom is 0.260 e. The molecule has 18 heavy (non-hydrogen) atoms. The number of carbonyl (C=O) groups excluding carboxylic acids is 1. The molecular formula is C11H5BrClF2NO2. The predicted octanol–water partition coefficient (Wildman–Crippen LogP) is 4.23. The fourth-order valence-corrected chi connectivity index (χ4v) is 1.90. The summed E-state index contributed by atoms with van der Waals surface area (Å²) in [6, 6.07) is 3.37. The van der Waals surface area contributed by atoms with Gasteiger partial charge in [0.05, 0.1) is 11.8 Å². The van der Waals surface area contributed by atoms with Crippen molar-refractivity contribution in [2.75, 3.05) is 5.32 Å². The summed E-state index contributed by atoms with van der Waals surface area (Å²) in [4.78, 5) is 11.7. The highest BCUT2D eigenvalue weighted by atomic mass is 79.9. The topological polar surface area (TPSA) is 42.2 Å². The molecule has 0 atom stereocenters. The fraction of sp³-hybridized carbons (Fsp3) is 0. The van der Waals surface area contributed by atoms with Crippen molar-refractivity contribution >= 4 is 39.1 Å². The molecule has 0 unspecified atom stereocenters. The van der Waals surface area contributed by atoms with Crippen molar-refractivity contribution in [1.82, 2.24) is 0 Å². The van der Waals surface area contributed by atoms with Crippen molar-refractivity contribution in [3.05, 3.63) is 51.4 Å². The van der Waals surface area contributed by atoms with Crippen LogP contribution in [0.3, 0.4) is 0 Å². The van der Waals surface area contributed by atoms with Gasteiger partial charge in [0.2, 0.25) is 5.22 Å². The van der Waals surface area contributed by atoms with Crippen molar-refractivity contribution in [2.24, 2.45) is 0 Å². The second-order valence-electron chi connectivity index (χ2n) is 3.31. The third kappa shape index (κ3) is 2.54. The van der Waals surface area contributed by atoms with E-state index in [4.69, 9.17) is 16.0 Å². The number of benzene rings is 1. The van der Waals surface area contributed by atoms with Gasteiger partial charge in [-0.3, -0.25) is 4.79 Å². The quantitative estimate of drug-likeness (QED) is 0.892. The van der Waals surface area contributed by atoms with Crippen LogP contribution >= 0.6 is 27.5 Å². The normalized spacial score (nSPS) is 10.4. The first-order valence-electron chi connectivity index (χ1n) is 4.68. The SMILES string of the molecule is O=C(Nc1c(F)cc(Br)cc1F)c1ccoc1Cl. The molecular weight excluding hydrogens is 331 g/mol. The molecule has 0 bridgehead atoms. The Kier molecular flexibility index (Phi) is 3.68.